The van der Waals surface area contributed by atoms with Gasteiger partial charge in [0.15, 0.2) is 5.25 Å². The highest BCUT2D eigenvalue weighted by Gasteiger charge is 2.15. The fraction of sp³-hybridized carbons (Fsp3) is 0.333. The van der Waals surface area contributed by atoms with E-state index in [9.17, 15) is 4.79 Å². The number of carbonyl (C=O) groups is 1. The van der Waals surface area contributed by atoms with Crippen molar-refractivity contribution >= 4 is 23.4 Å². The largest absolute Gasteiger partial charge is 0.396 e. The molecule has 1 unspecified atom stereocenters. The summed E-state index contributed by atoms with van der Waals surface area (Å²) in [6.45, 7) is 0.106. The SMILES string of the molecule is CSC(C#N)C(=O)Nc1ccc(CCO)cc1. The number of aliphatic hydroxyl groups is 1. The minimum Gasteiger partial charge on any atom is -0.396 e. The Kier molecular flexibility index (Phi) is 5.53. The van der Waals surface area contributed by atoms with E-state index in [1.54, 1.807) is 18.4 Å². The van der Waals surface area contributed by atoms with Gasteiger partial charge in [-0.05, 0) is 30.4 Å². The Morgan fingerprint density at radius 3 is 2.65 bits per heavy atom. The molecule has 0 spiro atoms. The van der Waals surface area contributed by atoms with Crippen molar-refractivity contribution in [2.24, 2.45) is 0 Å². The molecule has 1 atom stereocenters. The summed E-state index contributed by atoms with van der Waals surface area (Å²) >= 11 is 1.20. The van der Waals surface area contributed by atoms with Crippen LogP contribution < -0.4 is 5.32 Å². The van der Waals surface area contributed by atoms with Gasteiger partial charge in [0.05, 0.1) is 6.07 Å². The number of anilines is 1. The molecule has 4 nitrogen and oxygen atoms in total. The van der Waals surface area contributed by atoms with Crippen LogP contribution in [0, 0.1) is 11.3 Å². The van der Waals surface area contributed by atoms with Crippen molar-refractivity contribution in [1.82, 2.24) is 0 Å². The van der Waals surface area contributed by atoms with E-state index in [4.69, 9.17) is 10.4 Å². The van der Waals surface area contributed by atoms with Gasteiger partial charge in [0.1, 0.15) is 0 Å². The average molecular weight is 250 g/mol. The average Bonchev–Trinajstić information content (AvgIpc) is 2.33. The second-order valence-electron chi connectivity index (χ2n) is 3.40. The fourth-order valence-corrected chi connectivity index (χ4v) is 1.69. The van der Waals surface area contributed by atoms with E-state index in [0.717, 1.165) is 5.56 Å². The first-order chi connectivity index (χ1) is 8.21. The second kappa shape index (κ2) is 6.94. The Morgan fingerprint density at radius 2 is 2.18 bits per heavy atom. The molecule has 0 aliphatic heterocycles. The highest BCUT2D eigenvalue weighted by molar-refractivity contribution is 8.00. The van der Waals surface area contributed by atoms with Crippen LogP contribution in [-0.4, -0.2) is 29.1 Å². The van der Waals surface area contributed by atoms with Gasteiger partial charge in [0, 0.05) is 12.3 Å². The normalized spacial score (nSPS) is 11.6. The van der Waals surface area contributed by atoms with Crippen molar-refractivity contribution in [3.05, 3.63) is 29.8 Å². The molecule has 0 bridgehead atoms. The first kappa shape index (κ1) is 13.6. The Bertz CT molecular complexity index is 412. The molecule has 0 aliphatic rings. The van der Waals surface area contributed by atoms with Gasteiger partial charge in [-0.15, -0.1) is 11.8 Å². The topological polar surface area (TPSA) is 73.1 Å². The van der Waals surface area contributed by atoms with Crippen LogP contribution in [0.25, 0.3) is 0 Å². The zero-order chi connectivity index (χ0) is 12.7. The van der Waals surface area contributed by atoms with E-state index in [2.05, 4.69) is 5.32 Å². The smallest absolute Gasteiger partial charge is 0.251 e. The number of nitrogens with zero attached hydrogens (tertiary/aromatic N) is 1. The number of amides is 1. The Hall–Kier alpha value is -1.51. The summed E-state index contributed by atoms with van der Waals surface area (Å²) in [5.74, 6) is -0.310. The molecule has 0 fully saturated rings. The van der Waals surface area contributed by atoms with Gasteiger partial charge in [-0.1, -0.05) is 12.1 Å². The summed E-state index contributed by atoms with van der Waals surface area (Å²) in [4.78, 5) is 11.6. The molecule has 0 saturated carbocycles. The molecule has 90 valence electrons. The van der Waals surface area contributed by atoms with Crippen LogP contribution in [0.1, 0.15) is 5.56 Å². The maximum Gasteiger partial charge on any atom is 0.251 e. The van der Waals surface area contributed by atoms with Crippen LogP contribution >= 0.6 is 11.8 Å². The molecule has 1 amide bonds. The molecular weight excluding hydrogens is 236 g/mol. The minimum absolute atomic E-state index is 0.106. The number of carbonyl (C=O) groups excluding carboxylic acids is 1. The van der Waals surface area contributed by atoms with Crippen LogP contribution in [0.3, 0.4) is 0 Å². The molecule has 0 saturated heterocycles. The highest BCUT2D eigenvalue weighted by Crippen LogP contribution is 2.13. The van der Waals surface area contributed by atoms with Gasteiger partial charge in [0.2, 0.25) is 0 Å². The number of rotatable bonds is 5. The summed E-state index contributed by atoms with van der Waals surface area (Å²) in [6, 6.07) is 9.12. The number of nitriles is 1. The van der Waals surface area contributed by atoms with Crippen LogP contribution in [-0.2, 0) is 11.2 Å². The lowest BCUT2D eigenvalue weighted by molar-refractivity contribution is -0.114. The Morgan fingerprint density at radius 1 is 1.53 bits per heavy atom. The number of hydrogen-bond donors (Lipinski definition) is 2. The number of aliphatic hydroxyl groups excluding tert-OH is 1. The zero-order valence-corrected chi connectivity index (χ0v) is 10.3. The molecule has 1 rings (SSSR count). The van der Waals surface area contributed by atoms with E-state index < -0.39 is 5.25 Å². The predicted octanol–water partition coefficient (Wildman–Crippen LogP) is 1.42. The van der Waals surface area contributed by atoms with Crippen molar-refractivity contribution < 1.29 is 9.90 Å². The van der Waals surface area contributed by atoms with Crippen molar-refractivity contribution in [2.45, 2.75) is 11.7 Å². The van der Waals surface area contributed by atoms with Gasteiger partial charge in [0.25, 0.3) is 5.91 Å². The van der Waals surface area contributed by atoms with E-state index in [1.165, 1.54) is 11.8 Å². The number of hydrogen-bond acceptors (Lipinski definition) is 4. The summed E-state index contributed by atoms with van der Waals surface area (Å²) in [5, 5.41) is 19.5. The molecule has 5 heteroatoms. The number of thioether (sulfide) groups is 1. The van der Waals surface area contributed by atoms with Gasteiger partial charge < -0.3 is 10.4 Å². The highest BCUT2D eigenvalue weighted by atomic mass is 32.2. The van der Waals surface area contributed by atoms with Gasteiger partial charge >= 0.3 is 0 Å². The molecular formula is C12H14N2O2S. The Balaban J connectivity index is 2.63. The van der Waals surface area contributed by atoms with Crippen LogP contribution in [0.5, 0.6) is 0 Å². The lowest BCUT2D eigenvalue weighted by atomic mass is 10.1. The predicted molar refractivity (Wildman–Crippen MR) is 68.8 cm³/mol. The number of benzene rings is 1. The van der Waals surface area contributed by atoms with Crippen molar-refractivity contribution in [1.29, 1.82) is 5.26 Å². The van der Waals surface area contributed by atoms with Crippen LogP contribution in [0.4, 0.5) is 5.69 Å². The molecule has 0 radical (unpaired) electrons. The minimum atomic E-state index is -0.688. The van der Waals surface area contributed by atoms with Crippen LogP contribution in [0.15, 0.2) is 24.3 Å². The third-order valence-corrected chi connectivity index (χ3v) is 3.00. The standard InChI is InChI=1S/C12H14N2O2S/c1-17-11(8-13)12(16)14-10-4-2-9(3-5-10)6-7-15/h2-5,11,15H,6-7H2,1H3,(H,14,16). The van der Waals surface area contributed by atoms with Gasteiger partial charge in [-0.2, -0.15) is 5.26 Å². The molecule has 0 aromatic heterocycles. The quantitative estimate of drug-likeness (QED) is 0.828. The summed E-state index contributed by atoms with van der Waals surface area (Å²) < 4.78 is 0. The molecule has 2 N–H and O–H groups in total. The fourth-order valence-electron chi connectivity index (χ4n) is 1.31. The van der Waals surface area contributed by atoms with Crippen molar-refractivity contribution in [2.75, 3.05) is 18.2 Å². The third-order valence-electron chi connectivity index (χ3n) is 2.21. The summed E-state index contributed by atoms with van der Waals surface area (Å²) in [6.07, 6.45) is 2.32. The molecule has 1 aromatic rings. The monoisotopic (exact) mass is 250 g/mol. The first-order valence-electron chi connectivity index (χ1n) is 5.14. The number of nitrogens with one attached hydrogen (secondary N) is 1. The maximum absolute atomic E-state index is 11.6. The molecule has 0 aliphatic carbocycles. The maximum atomic E-state index is 11.6. The van der Waals surface area contributed by atoms with E-state index in [1.807, 2.05) is 18.2 Å². The molecule has 0 heterocycles. The molecule has 17 heavy (non-hydrogen) atoms. The second-order valence-corrected chi connectivity index (χ2v) is 4.35. The van der Waals surface area contributed by atoms with E-state index >= 15 is 0 Å². The summed E-state index contributed by atoms with van der Waals surface area (Å²) in [7, 11) is 0. The van der Waals surface area contributed by atoms with E-state index in [0.29, 0.717) is 12.1 Å². The molecule has 1 aromatic carbocycles. The van der Waals surface area contributed by atoms with Gasteiger partial charge in [-0.3, -0.25) is 4.79 Å². The van der Waals surface area contributed by atoms with Crippen molar-refractivity contribution in [3.8, 4) is 6.07 Å². The van der Waals surface area contributed by atoms with Crippen molar-refractivity contribution in [3.63, 3.8) is 0 Å². The van der Waals surface area contributed by atoms with Gasteiger partial charge in [-0.25, -0.2) is 0 Å². The van der Waals surface area contributed by atoms with Crippen LogP contribution in [0.2, 0.25) is 0 Å². The van der Waals surface area contributed by atoms with E-state index in [-0.39, 0.29) is 12.5 Å². The third kappa shape index (κ3) is 4.10. The lowest BCUT2D eigenvalue weighted by Gasteiger charge is -2.08. The Labute approximate surface area is 105 Å². The lowest BCUT2D eigenvalue weighted by Crippen LogP contribution is -2.23. The zero-order valence-electron chi connectivity index (χ0n) is 9.51. The first-order valence-corrected chi connectivity index (χ1v) is 6.43. The summed E-state index contributed by atoms with van der Waals surface area (Å²) in [5.41, 5.74) is 1.66.